The third kappa shape index (κ3) is 4.71. The summed E-state index contributed by atoms with van der Waals surface area (Å²) in [5.41, 5.74) is -1.56. The Morgan fingerprint density at radius 3 is 2.54 bits per heavy atom. The molecular weight excluding hydrogens is 351 g/mol. The lowest BCUT2D eigenvalue weighted by molar-refractivity contribution is -0.139. The molecule has 2 N–H and O–H groups in total. The van der Waals surface area contributed by atoms with E-state index >= 15 is 0 Å². The molecule has 0 atom stereocenters. The van der Waals surface area contributed by atoms with Gasteiger partial charge in [0.1, 0.15) is 12.1 Å². The first kappa shape index (κ1) is 19.2. The number of benzene rings is 1. The molecule has 0 bridgehead atoms. The van der Waals surface area contributed by atoms with Gasteiger partial charge in [-0.3, -0.25) is 14.4 Å². The molecule has 0 saturated carbocycles. The molecule has 0 radical (unpaired) electrons. The molecule has 0 unspecified atom stereocenters. The van der Waals surface area contributed by atoms with Gasteiger partial charge in [0.15, 0.2) is 0 Å². The molecule has 2 aromatic rings. The molecule has 138 valence electrons. The molecule has 1 aromatic carbocycles. The van der Waals surface area contributed by atoms with Crippen LogP contribution in [0.5, 0.6) is 0 Å². The van der Waals surface area contributed by atoms with Gasteiger partial charge in [-0.15, -0.1) is 0 Å². The molecule has 0 aliphatic rings. The first-order chi connectivity index (χ1) is 12.2. The number of amides is 2. The predicted octanol–water partition coefficient (Wildman–Crippen LogP) is 1.54. The fraction of sp³-hybridized carbons (Fsp3) is 0.235. The summed E-state index contributed by atoms with van der Waals surface area (Å²) in [4.78, 5) is 35.3. The molecule has 26 heavy (non-hydrogen) atoms. The Morgan fingerprint density at radius 1 is 1.15 bits per heavy atom. The van der Waals surface area contributed by atoms with Crippen LogP contribution < -0.4 is 16.2 Å². The summed E-state index contributed by atoms with van der Waals surface area (Å²) in [7, 11) is 1.49. The van der Waals surface area contributed by atoms with Crippen LogP contribution >= 0.6 is 0 Å². The van der Waals surface area contributed by atoms with Crippen molar-refractivity contribution in [3.05, 3.63) is 69.6 Å². The van der Waals surface area contributed by atoms with Crippen molar-refractivity contribution in [3.8, 4) is 0 Å². The molecule has 0 spiro atoms. The Morgan fingerprint density at radius 2 is 1.88 bits per heavy atom. The van der Waals surface area contributed by atoms with Crippen LogP contribution in [0.25, 0.3) is 0 Å². The van der Waals surface area contributed by atoms with E-state index in [2.05, 4.69) is 10.6 Å². The molecule has 0 saturated heterocycles. The van der Waals surface area contributed by atoms with Crippen molar-refractivity contribution in [1.29, 1.82) is 0 Å². The molecule has 6 nitrogen and oxygen atoms in total. The van der Waals surface area contributed by atoms with Crippen LogP contribution in [-0.2, 0) is 24.1 Å². The summed E-state index contributed by atoms with van der Waals surface area (Å²) in [5, 5.41) is 4.98. The maximum atomic E-state index is 12.7. The Hall–Kier alpha value is -3.10. The van der Waals surface area contributed by atoms with Crippen molar-refractivity contribution in [2.24, 2.45) is 0 Å². The smallest absolute Gasteiger partial charge is 0.355 e. The van der Waals surface area contributed by atoms with Gasteiger partial charge >= 0.3 is 6.18 Å². The number of hydrogen-bond donors (Lipinski definition) is 2. The number of alkyl halides is 3. The van der Waals surface area contributed by atoms with Crippen molar-refractivity contribution in [2.45, 2.75) is 19.3 Å². The average Bonchev–Trinajstić information content (AvgIpc) is 2.60. The van der Waals surface area contributed by atoms with E-state index in [-0.39, 0.29) is 12.5 Å². The fourth-order valence-corrected chi connectivity index (χ4v) is 2.26. The Bertz CT molecular complexity index is 875. The molecule has 9 heteroatoms. The lowest BCUT2D eigenvalue weighted by atomic mass is 10.1. The summed E-state index contributed by atoms with van der Waals surface area (Å²) < 4.78 is 38.9. The number of nitrogens with one attached hydrogen (secondary N) is 2. The van der Waals surface area contributed by atoms with E-state index < -0.39 is 29.8 Å². The van der Waals surface area contributed by atoms with Gasteiger partial charge in [-0.2, -0.15) is 13.2 Å². The molecule has 1 aromatic heterocycles. The van der Waals surface area contributed by atoms with Gasteiger partial charge in [0.05, 0.1) is 0 Å². The van der Waals surface area contributed by atoms with Gasteiger partial charge in [0.25, 0.3) is 11.5 Å². The molecule has 0 aliphatic carbocycles. The highest BCUT2D eigenvalue weighted by Gasteiger charge is 2.34. The standard InChI is InChI=1S/C17H16F3N3O3/c1-21-15(25)12-5-2-4-11(8-12)9-22-14(24)10-23-7-3-6-13(16(23)26)17(18,19)20/h2-8H,9-10H2,1H3,(H,21,25)(H,22,24). The van der Waals surface area contributed by atoms with Crippen LogP contribution in [0.1, 0.15) is 21.5 Å². The van der Waals surface area contributed by atoms with E-state index in [4.69, 9.17) is 0 Å². The number of nitrogens with zero attached hydrogens (tertiary/aromatic N) is 1. The van der Waals surface area contributed by atoms with E-state index in [9.17, 15) is 27.6 Å². The van der Waals surface area contributed by atoms with Crippen molar-refractivity contribution < 1.29 is 22.8 Å². The van der Waals surface area contributed by atoms with Gasteiger partial charge in [-0.25, -0.2) is 0 Å². The number of halogens is 3. The maximum Gasteiger partial charge on any atom is 0.421 e. The minimum Gasteiger partial charge on any atom is -0.355 e. The van der Waals surface area contributed by atoms with Crippen LogP contribution in [-0.4, -0.2) is 23.4 Å². The average molecular weight is 367 g/mol. The topological polar surface area (TPSA) is 80.2 Å². The van der Waals surface area contributed by atoms with Crippen LogP contribution in [0.2, 0.25) is 0 Å². The third-order valence-corrected chi connectivity index (χ3v) is 3.55. The number of rotatable bonds is 5. The van der Waals surface area contributed by atoms with Crippen LogP contribution in [0.4, 0.5) is 13.2 Å². The van der Waals surface area contributed by atoms with E-state index in [0.717, 1.165) is 12.3 Å². The van der Waals surface area contributed by atoms with Crippen LogP contribution in [0, 0.1) is 0 Å². The number of carbonyl (C=O) groups is 2. The van der Waals surface area contributed by atoms with E-state index in [1.165, 1.54) is 7.05 Å². The third-order valence-electron chi connectivity index (χ3n) is 3.55. The normalized spacial score (nSPS) is 11.1. The number of hydrogen-bond acceptors (Lipinski definition) is 3. The Labute approximate surface area is 146 Å². The highest BCUT2D eigenvalue weighted by atomic mass is 19.4. The Balaban J connectivity index is 2.04. The molecule has 1 heterocycles. The fourth-order valence-electron chi connectivity index (χ4n) is 2.26. The predicted molar refractivity (Wildman–Crippen MR) is 87.4 cm³/mol. The summed E-state index contributed by atoms with van der Waals surface area (Å²) >= 11 is 0. The maximum absolute atomic E-state index is 12.7. The van der Waals surface area contributed by atoms with Crippen molar-refractivity contribution in [2.75, 3.05) is 7.05 Å². The SMILES string of the molecule is CNC(=O)c1cccc(CNC(=O)Cn2cccc(C(F)(F)F)c2=O)c1. The lowest BCUT2D eigenvalue weighted by Gasteiger charge is -2.11. The van der Waals surface area contributed by atoms with E-state index in [1.807, 2.05) is 0 Å². The molecule has 2 amide bonds. The van der Waals surface area contributed by atoms with Gasteiger partial charge < -0.3 is 15.2 Å². The van der Waals surface area contributed by atoms with Gasteiger partial charge in [0.2, 0.25) is 5.91 Å². The minimum absolute atomic E-state index is 0.0668. The second kappa shape index (κ2) is 7.85. The van der Waals surface area contributed by atoms with Crippen LogP contribution in [0.3, 0.4) is 0 Å². The molecular formula is C17H16F3N3O3. The van der Waals surface area contributed by atoms with Crippen molar-refractivity contribution >= 4 is 11.8 Å². The van der Waals surface area contributed by atoms with Gasteiger partial charge in [-0.05, 0) is 29.8 Å². The molecule has 0 aliphatic heterocycles. The number of aromatic nitrogens is 1. The van der Waals surface area contributed by atoms with Crippen molar-refractivity contribution in [3.63, 3.8) is 0 Å². The minimum atomic E-state index is -4.78. The van der Waals surface area contributed by atoms with E-state index in [1.54, 1.807) is 24.3 Å². The molecule has 2 rings (SSSR count). The van der Waals surface area contributed by atoms with Gasteiger partial charge in [-0.1, -0.05) is 12.1 Å². The van der Waals surface area contributed by atoms with E-state index in [0.29, 0.717) is 21.8 Å². The highest BCUT2D eigenvalue weighted by Crippen LogP contribution is 2.25. The highest BCUT2D eigenvalue weighted by molar-refractivity contribution is 5.94. The zero-order chi connectivity index (χ0) is 19.3. The summed E-state index contributed by atoms with van der Waals surface area (Å²) in [5.74, 6) is -0.912. The summed E-state index contributed by atoms with van der Waals surface area (Å²) in [6, 6.07) is 8.24. The summed E-state index contributed by atoms with van der Waals surface area (Å²) in [6.45, 7) is -0.477. The largest absolute Gasteiger partial charge is 0.421 e. The number of pyridine rings is 1. The Kier molecular flexibility index (Phi) is 5.81. The van der Waals surface area contributed by atoms with Gasteiger partial charge in [0, 0.05) is 25.4 Å². The quantitative estimate of drug-likeness (QED) is 0.841. The number of carbonyl (C=O) groups excluding carboxylic acids is 2. The second-order valence-electron chi connectivity index (χ2n) is 5.41. The lowest BCUT2D eigenvalue weighted by Crippen LogP contribution is -2.34. The first-order valence-corrected chi connectivity index (χ1v) is 7.56. The van der Waals surface area contributed by atoms with Crippen LogP contribution in [0.15, 0.2) is 47.4 Å². The zero-order valence-electron chi connectivity index (χ0n) is 13.8. The zero-order valence-corrected chi connectivity index (χ0v) is 13.8. The monoisotopic (exact) mass is 367 g/mol. The molecule has 0 fully saturated rings. The summed E-state index contributed by atoms with van der Waals surface area (Å²) in [6.07, 6.45) is -3.67. The first-order valence-electron chi connectivity index (χ1n) is 7.56. The second-order valence-corrected chi connectivity index (χ2v) is 5.41. The van der Waals surface area contributed by atoms with Crippen molar-refractivity contribution in [1.82, 2.24) is 15.2 Å².